The summed E-state index contributed by atoms with van der Waals surface area (Å²) in [6.07, 6.45) is 7.18. The zero-order valence-electron chi connectivity index (χ0n) is 10.8. The van der Waals surface area contributed by atoms with Crippen LogP contribution >= 0.6 is 0 Å². The van der Waals surface area contributed by atoms with Gasteiger partial charge >= 0.3 is 0 Å². The summed E-state index contributed by atoms with van der Waals surface area (Å²) in [7, 11) is 0. The Kier molecular flexibility index (Phi) is 2.23. The van der Waals surface area contributed by atoms with Crippen LogP contribution in [0.4, 0.5) is 0 Å². The van der Waals surface area contributed by atoms with Gasteiger partial charge in [0.25, 0.3) is 0 Å². The van der Waals surface area contributed by atoms with Crippen LogP contribution in [0.2, 0.25) is 0 Å². The van der Waals surface area contributed by atoms with E-state index in [1.54, 1.807) is 0 Å². The lowest BCUT2D eigenvalue weighted by Gasteiger charge is -2.43. The average molecular weight is 223 g/mol. The smallest absolute Gasteiger partial charge is 0.0640 e. The minimum atomic E-state index is 0.407. The second kappa shape index (κ2) is 3.23. The van der Waals surface area contributed by atoms with Crippen molar-refractivity contribution in [1.29, 1.82) is 0 Å². The Hall–Kier alpha value is -0.0800. The molecule has 3 aliphatic carbocycles. The van der Waals surface area contributed by atoms with Crippen molar-refractivity contribution < 1.29 is 4.74 Å². The van der Waals surface area contributed by atoms with Gasteiger partial charge in [-0.05, 0) is 48.9 Å². The zero-order chi connectivity index (χ0) is 11.6. The fourth-order valence-corrected chi connectivity index (χ4v) is 4.29. The Balaban J connectivity index is 1.70. The summed E-state index contributed by atoms with van der Waals surface area (Å²) in [6, 6.07) is 0.407. The fourth-order valence-electron chi connectivity index (χ4n) is 4.29. The normalized spacial score (nSPS) is 54.0. The van der Waals surface area contributed by atoms with E-state index in [4.69, 9.17) is 10.5 Å². The minimum absolute atomic E-state index is 0.407. The van der Waals surface area contributed by atoms with Gasteiger partial charge in [-0.1, -0.05) is 20.8 Å². The number of nitrogens with two attached hydrogens (primary N) is 1. The Morgan fingerprint density at radius 1 is 1.12 bits per heavy atom. The van der Waals surface area contributed by atoms with Gasteiger partial charge in [0, 0.05) is 6.04 Å². The summed E-state index contributed by atoms with van der Waals surface area (Å²) in [5.41, 5.74) is 6.72. The lowest BCUT2D eigenvalue weighted by Crippen LogP contribution is -2.46. The monoisotopic (exact) mass is 223 g/mol. The molecule has 0 aromatic carbocycles. The Bertz CT molecular complexity index is 295. The highest BCUT2D eigenvalue weighted by molar-refractivity contribution is 5.11. The quantitative estimate of drug-likeness (QED) is 0.781. The molecule has 0 aromatic heterocycles. The molecule has 2 bridgehead atoms. The molecule has 3 atom stereocenters. The first-order valence-electron chi connectivity index (χ1n) is 6.84. The van der Waals surface area contributed by atoms with Crippen LogP contribution in [-0.4, -0.2) is 18.2 Å². The van der Waals surface area contributed by atoms with Crippen molar-refractivity contribution in [2.45, 2.75) is 71.1 Å². The van der Waals surface area contributed by atoms with E-state index in [1.807, 2.05) is 0 Å². The molecule has 0 radical (unpaired) electrons. The molecule has 16 heavy (non-hydrogen) atoms. The molecule has 0 amide bonds. The fraction of sp³-hybridized carbons (Fsp3) is 1.00. The molecule has 2 N–H and O–H groups in total. The third-order valence-corrected chi connectivity index (χ3v) is 6.20. The van der Waals surface area contributed by atoms with Crippen LogP contribution in [-0.2, 0) is 4.74 Å². The Morgan fingerprint density at radius 3 is 2.25 bits per heavy atom. The molecule has 3 fully saturated rings. The third kappa shape index (κ3) is 1.26. The highest BCUT2D eigenvalue weighted by Gasteiger charge is 2.62. The van der Waals surface area contributed by atoms with Crippen molar-refractivity contribution in [3.8, 4) is 0 Å². The molecule has 3 saturated carbocycles. The predicted octanol–water partition coefficient (Wildman–Crippen LogP) is 2.71. The molecule has 0 heterocycles. The van der Waals surface area contributed by atoms with Crippen molar-refractivity contribution in [2.24, 2.45) is 22.5 Å². The van der Waals surface area contributed by atoms with E-state index in [9.17, 15) is 0 Å². The molecule has 92 valence electrons. The maximum atomic E-state index is 6.31. The van der Waals surface area contributed by atoms with E-state index in [1.165, 1.54) is 19.3 Å². The second-order valence-corrected chi connectivity index (χ2v) is 7.09. The Labute approximate surface area is 98.9 Å². The summed E-state index contributed by atoms with van der Waals surface area (Å²) in [6.45, 7) is 7.34. The molecule has 0 spiro atoms. The summed E-state index contributed by atoms with van der Waals surface area (Å²) in [4.78, 5) is 0. The highest BCUT2D eigenvalue weighted by atomic mass is 16.5. The molecule has 3 aliphatic rings. The molecule has 0 aromatic rings. The van der Waals surface area contributed by atoms with E-state index in [-0.39, 0.29) is 0 Å². The first kappa shape index (κ1) is 11.0. The first-order valence-corrected chi connectivity index (χ1v) is 6.84. The highest BCUT2D eigenvalue weighted by Crippen LogP contribution is 2.66. The van der Waals surface area contributed by atoms with Crippen LogP contribution in [0.1, 0.15) is 52.9 Å². The number of hydrogen-bond donors (Lipinski definition) is 1. The van der Waals surface area contributed by atoms with Crippen molar-refractivity contribution in [1.82, 2.24) is 0 Å². The Morgan fingerprint density at radius 2 is 1.81 bits per heavy atom. The maximum Gasteiger partial charge on any atom is 0.0640 e. The van der Waals surface area contributed by atoms with Crippen molar-refractivity contribution in [2.75, 3.05) is 0 Å². The van der Waals surface area contributed by atoms with Crippen LogP contribution in [0, 0.1) is 16.7 Å². The van der Waals surface area contributed by atoms with Gasteiger partial charge in [-0.2, -0.15) is 0 Å². The number of hydrogen-bond acceptors (Lipinski definition) is 2. The van der Waals surface area contributed by atoms with E-state index in [0.29, 0.717) is 29.1 Å². The lowest BCUT2D eigenvalue weighted by molar-refractivity contribution is -0.115. The van der Waals surface area contributed by atoms with Crippen molar-refractivity contribution in [3.63, 3.8) is 0 Å². The van der Waals surface area contributed by atoms with Gasteiger partial charge in [-0.15, -0.1) is 0 Å². The van der Waals surface area contributed by atoms with Crippen LogP contribution < -0.4 is 5.73 Å². The van der Waals surface area contributed by atoms with Gasteiger partial charge in [0.1, 0.15) is 0 Å². The van der Waals surface area contributed by atoms with Gasteiger partial charge in [0.05, 0.1) is 12.2 Å². The van der Waals surface area contributed by atoms with Crippen LogP contribution in [0.15, 0.2) is 0 Å². The number of rotatable bonds is 2. The molecule has 0 aliphatic heterocycles. The van der Waals surface area contributed by atoms with Crippen LogP contribution in [0.3, 0.4) is 0 Å². The summed E-state index contributed by atoms with van der Waals surface area (Å²) >= 11 is 0. The largest absolute Gasteiger partial charge is 0.374 e. The van der Waals surface area contributed by atoms with Gasteiger partial charge in [0.15, 0.2) is 0 Å². The van der Waals surface area contributed by atoms with E-state index >= 15 is 0 Å². The van der Waals surface area contributed by atoms with Gasteiger partial charge < -0.3 is 10.5 Å². The molecule has 0 saturated heterocycles. The molecular formula is C14H25NO. The minimum Gasteiger partial charge on any atom is -0.374 e. The molecule has 2 nitrogen and oxygen atoms in total. The van der Waals surface area contributed by atoms with E-state index < -0.39 is 0 Å². The van der Waals surface area contributed by atoms with Crippen molar-refractivity contribution in [3.05, 3.63) is 0 Å². The van der Waals surface area contributed by atoms with E-state index in [2.05, 4.69) is 20.8 Å². The SMILES string of the molecule is CC1(C)C2CCC1(C)C(OC1CC(N)C1)C2. The summed E-state index contributed by atoms with van der Waals surface area (Å²) in [5.74, 6) is 0.885. The molecule has 3 unspecified atom stereocenters. The van der Waals surface area contributed by atoms with Crippen molar-refractivity contribution >= 4 is 0 Å². The van der Waals surface area contributed by atoms with Gasteiger partial charge in [-0.25, -0.2) is 0 Å². The first-order chi connectivity index (χ1) is 7.43. The predicted molar refractivity (Wildman–Crippen MR) is 65.1 cm³/mol. The summed E-state index contributed by atoms with van der Waals surface area (Å²) in [5, 5.41) is 0. The topological polar surface area (TPSA) is 35.2 Å². The summed E-state index contributed by atoms with van der Waals surface area (Å²) < 4.78 is 6.31. The average Bonchev–Trinajstić information content (AvgIpc) is 2.48. The van der Waals surface area contributed by atoms with Crippen LogP contribution in [0.5, 0.6) is 0 Å². The zero-order valence-corrected chi connectivity index (χ0v) is 10.8. The molecule has 3 rings (SSSR count). The maximum absolute atomic E-state index is 6.31. The number of fused-ring (bicyclic) bond motifs is 2. The molecule has 2 heteroatoms. The van der Waals surface area contributed by atoms with E-state index in [0.717, 1.165) is 18.8 Å². The van der Waals surface area contributed by atoms with Gasteiger partial charge in [0.2, 0.25) is 0 Å². The third-order valence-electron chi connectivity index (χ3n) is 6.20. The molecular weight excluding hydrogens is 198 g/mol. The lowest BCUT2D eigenvalue weighted by atomic mass is 9.70. The standard InChI is InChI=1S/C14H25NO/c1-13(2)9-4-5-14(13,3)12(6-9)16-11-7-10(15)8-11/h9-12H,4-8,15H2,1-3H3. The van der Waals surface area contributed by atoms with Crippen LogP contribution in [0.25, 0.3) is 0 Å². The van der Waals surface area contributed by atoms with Gasteiger partial charge in [-0.3, -0.25) is 0 Å². The number of ether oxygens (including phenoxy) is 1. The second-order valence-electron chi connectivity index (χ2n) is 7.09.